The number of nitrogens with zero attached hydrogens (tertiary/aromatic N) is 1. The number of hydrogen-bond donors (Lipinski definition) is 1. The third-order valence-corrected chi connectivity index (χ3v) is 2.95. The molecule has 0 aliphatic carbocycles. The summed E-state index contributed by atoms with van der Waals surface area (Å²) >= 11 is 0. The van der Waals surface area contributed by atoms with E-state index in [1.165, 1.54) is 12.1 Å². The molecule has 6 nitrogen and oxygen atoms in total. The second kappa shape index (κ2) is 9.31. The Kier molecular flexibility index (Phi) is 7.71. The van der Waals surface area contributed by atoms with Gasteiger partial charge in [-0.1, -0.05) is 13.8 Å². The zero-order valence-corrected chi connectivity index (χ0v) is 12.9. The van der Waals surface area contributed by atoms with Gasteiger partial charge >= 0.3 is 0 Å². The van der Waals surface area contributed by atoms with Crippen LogP contribution in [0.2, 0.25) is 0 Å². The Balaban J connectivity index is 2.48. The highest BCUT2D eigenvalue weighted by Gasteiger charge is 2.11. The average molecular weight is 296 g/mol. The van der Waals surface area contributed by atoms with E-state index in [0.29, 0.717) is 31.4 Å². The number of nitro groups is 1. The van der Waals surface area contributed by atoms with E-state index in [-0.39, 0.29) is 5.69 Å². The number of nitrogens with one attached hydrogen (secondary N) is 1. The van der Waals surface area contributed by atoms with Crippen molar-refractivity contribution < 1.29 is 14.4 Å². The standard InChI is InChI=1S/C15H24N2O4/c1-12(2)6-7-20-8-9-21-15-5-4-14(17(18)19)10-13(15)11-16-3/h4-5,10,12,16H,6-9,11H2,1-3H3. The molecule has 0 aromatic heterocycles. The minimum absolute atomic E-state index is 0.0702. The number of hydrogen-bond acceptors (Lipinski definition) is 5. The molecule has 0 aliphatic rings. The van der Waals surface area contributed by atoms with Crippen LogP contribution >= 0.6 is 0 Å². The molecule has 0 aliphatic heterocycles. The van der Waals surface area contributed by atoms with E-state index in [1.54, 1.807) is 13.1 Å². The van der Waals surface area contributed by atoms with E-state index in [9.17, 15) is 10.1 Å². The molecule has 0 fully saturated rings. The van der Waals surface area contributed by atoms with Crippen LogP contribution in [0.1, 0.15) is 25.8 Å². The highest BCUT2D eigenvalue weighted by atomic mass is 16.6. The molecule has 118 valence electrons. The Morgan fingerprint density at radius 3 is 2.67 bits per heavy atom. The van der Waals surface area contributed by atoms with E-state index in [2.05, 4.69) is 19.2 Å². The van der Waals surface area contributed by atoms with Gasteiger partial charge in [-0.2, -0.15) is 0 Å². The molecule has 6 heteroatoms. The Bertz CT molecular complexity index is 449. The third-order valence-electron chi connectivity index (χ3n) is 2.95. The van der Waals surface area contributed by atoms with E-state index in [0.717, 1.165) is 18.6 Å². The lowest BCUT2D eigenvalue weighted by atomic mass is 10.1. The summed E-state index contributed by atoms with van der Waals surface area (Å²) in [6, 6.07) is 4.62. The van der Waals surface area contributed by atoms with Gasteiger partial charge in [0.25, 0.3) is 5.69 Å². The summed E-state index contributed by atoms with van der Waals surface area (Å²) in [6.07, 6.45) is 1.03. The molecule has 0 unspecified atom stereocenters. The second-order valence-corrected chi connectivity index (χ2v) is 5.22. The quantitative estimate of drug-likeness (QED) is 0.408. The second-order valence-electron chi connectivity index (χ2n) is 5.22. The fourth-order valence-electron chi connectivity index (χ4n) is 1.78. The molecule has 0 radical (unpaired) electrons. The van der Waals surface area contributed by atoms with Gasteiger partial charge in [-0.3, -0.25) is 10.1 Å². The van der Waals surface area contributed by atoms with Gasteiger partial charge in [-0.05, 0) is 25.5 Å². The average Bonchev–Trinajstić information content (AvgIpc) is 2.43. The van der Waals surface area contributed by atoms with Crippen LogP contribution in [0.4, 0.5) is 5.69 Å². The van der Waals surface area contributed by atoms with Crippen molar-refractivity contribution >= 4 is 5.69 Å². The lowest BCUT2D eigenvalue weighted by Crippen LogP contribution is -2.12. The maximum atomic E-state index is 10.8. The Hall–Kier alpha value is -1.66. The third kappa shape index (κ3) is 6.55. The molecule has 1 aromatic carbocycles. The van der Waals surface area contributed by atoms with Gasteiger partial charge in [0.15, 0.2) is 0 Å². The first-order chi connectivity index (χ1) is 10.0. The molecule has 0 saturated heterocycles. The summed E-state index contributed by atoms with van der Waals surface area (Å²) in [5, 5.41) is 13.8. The maximum absolute atomic E-state index is 10.8. The SMILES string of the molecule is CNCc1cc([N+](=O)[O-])ccc1OCCOCCC(C)C. The smallest absolute Gasteiger partial charge is 0.270 e. The molecule has 0 spiro atoms. The van der Waals surface area contributed by atoms with Gasteiger partial charge in [-0.15, -0.1) is 0 Å². The Morgan fingerprint density at radius 2 is 2.05 bits per heavy atom. The van der Waals surface area contributed by atoms with Gasteiger partial charge in [0, 0.05) is 30.8 Å². The van der Waals surface area contributed by atoms with Crippen LogP contribution < -0.4 is 10.1 Å². The van der Waals surface area contributed by atoms with Crippen LogP contribution in [0, 0.1) is 16.0 Å². The molecule has 0 saturated carbocycles. The van der Waals surface area contributed by atoms with Crippen molar-refractivity contribution in [1.29, 1.82) is 0 Å². The topological polar surface area (TPSA) is 73.6 Å². The van der Waals surface area contributed by atoms with Crippen molar-refractivity contribution in [3.8, 4) is 5.75 Å². The monoisotopic (exact) mass is 296 g/mol. The van der Waals surface area contributed by atoms with E-state index in [1.807, 2.05) is 0 Å². The number of rotatable bonds is 10. The van der Waals surface area contributed by atoms with Gasteiger partial charge in [-0.25, -0.2) is 0 Å². The molecule has 0 amide bonds. The first-order valence-corrected chi connectivity index (χ1v) is 7.17. The van der Waals surface area contributed by atoms with Crippen molar-refractivity contribution in [2.45, 2.75) is 26.8 Å². The van der Waals surface area contributed by atoms with E-state index >= 15 is 0 Å². The highest BCUT2D eigenvalue weighted by molar-refractivity contribution is 5.43. The summed E-state index contributed by atoms with van der Waals surface area (Å²) in [5.74, 6) is 1.28. The van der Waals surface area contributed by atoms with Gasteiger partial charge in [0.1, 0.15) is 12.4 Å². The van der Waals surface area contributed by atoms with Crippen molar-refractivity contribution in [1.82, 2.24) is 5.32 Å². The minimum atomic E-state index is -0.405. The number of ether oxygens (including phenoxy) is 2. The lowest BCUT2D eigenvalue weighted by molar-refractivity contribution is -0.384. The number of nitro benzene ring substituents is 1. The maximum Gasteiger partial charge on any atom is 0.270 e. The van der Waals surface area contributed by atoms with Crippen LogP contribution in [0.15, 0.2) is 18.2 Å². The van der Waals surface area contributed by atoms with Crippen LogP contribution in [-0.2, 0) is 11.3 Å². The van der Waals surface area contributed by atoms with Gasteiger partial charge < -0.3 is 14.8 Å². The molecule has 1 N–H and O–H groups in total. The van der Waals surface area contributed by atoms with E-state index < -0.39 is 4.92 Å². The fraction of sp³-hybridized carbons (Fsp3) is 0.600. The molecular weight excluding hydrogens is 272 g/mol. The number of non-ortho nitro benzene ring substituents is 1. The normalized spacial score (nSPS) is 10.9. The predicted octanol–water partition coefficient (Wildman–Crippen LogP) is 2.76. The van der Waals surface area contributed by atoms with E-state index in [4.69, 9.17) is 9.47 Å². The largest absolute Gasteiger partial charge is 0.491 e. The molecular formula is C15H24N2O4. The van der Waals surface area contributed by atoms with Crippen LogP contribution in [0.3, 0.4) is 0 Å². The summed E-state index contributed by atoms with van der Waals surface area (Å²) in [5.41, 5.74) is 0.842. The molecule has 0 heterocycles. The Labute approximate surface area is 125 Å². The zero-order chi connectivity index (χ0) is 15.7. The summed E-state index contributed by atoms with van der Waals surface area (Å²) < 4.78 is 11.1. The van der Waals surface area contributed by atoms with Gasteiger partial charge in [0.2, 0.25) is 0 Å². The van der Waals surface area contributed by atoms with Crippen LogP contribution in [-0.4, -0.2) is 31.8 Å². The molecule has 0 bridgehead atoms. The zero-order valence-electron chi connectivity index (χ0n) is 12.9. The molecule has 21 heavy (non-hydrogen) atoms. The molecule has 0 atom stereocenters. The fourth-order valence-corrected chi connectivity index (χ4v) is 1.78. The molecule has 1 rings (SSSR count). The minimum Gasteiger partial charge on any atom is -0.491 e. The first kappa shape index (κ1) is 17.4. The molecule has 1 aromatic rings. The van der Waals surface area contributed by atoms with Crippen molar-refractivity contribution in [2.75, 3.05) is 26.9 Å². The lowest BCUT2D eigenvalue weighted by Gasteiger charge is -2.12. The predicted molar refractivity (Wildman–Crippen MR) is 81.6 cm³/mol. The van der Waals surface area contributed by atoms with Crippen LogP contribution in [0.5, 0.6) is 5.75 Å². The van der Waals surface area contributed by atoms with Crippen molar-refractivity contribution in [2.24, 2.45) is 5.92 Å². The number of benzene rings is 1. The highest BCUT2D eigenvalue weighted by Crippen LogP contribution is 2.24. The van der Waals surface area contributed by atoms with Crippen molar-refractivity contribution in [3.63, 3.8) is 0 Å². The summed E-state index contributed by atoms with van der Waals surface area (Å²) in [4.78, 5) is 10.4. The van der Waals surface area contributed by atoms with Crippen molar-refractivity contribution in [3.05, 3.63) is 33.9 Å². The Morgan fingerprint density at radius 1 is 1.29 bits per heavy atom. The summed E-state index contributed by atoms with van der Waals surface area (Å²) in [6.45, 7) is 6.51. The first-order valence-electron chi connectivity index (χ1n) is 7.17. The van der Waals surface area contributed by atoms with Crippen LogP contribution in [0.25, 0.3) is 0 Å². The van der Waals surface area contributed by atoms with Gasteiger partial charge in [0.05, 0.1) is 11.5 Å². The summed E-state index contributed by atoms with van der Waals surface area (Å²) in [7, 11) is 1.79.